The molecule has 0 atom stereocenters. The first-order valence-corrected chi connectivity index (χ1v) is 12.4. The Morgan fingerprint density at radius 2 is 1.81 bits per heavy atom. The fourth-order valence-electron chi connectivity index (χ4n) is 4.63. The van der Waals surface area contributed by atoms with Gasteiger partial charge in [0.1, 0.15) is 0 Å². The Balaban J connectivity index is 0.00000245. The number of carbonyl (C=O) groups is 1. The first-order valence-electron chi connectivity index (χ1n) is 10.1. The van der Waals surface area contributed by atoms with Crippen LogP contribution in [0.4, 0.5) is 16.5 Å². The lowest BCUT2D eigenvalue weighted by Crippen LogP contribution is -2.48. The number of amides is 1. The number of anilines is 3. The lowest BCUT2D eigenvalue weighted by molar-refractivity contribution is -0.123. The maximum atomic E-state index is 13.1. The molecule has 2 aliphatic rings. The number of likely N-dealkylation sites (N-methyl/N-ethyl adjacent to an activating group) is 1. The largest absolute Gasteiger partial charge is 0.371 e. The predicted molar refractivity (Wildman–Crippen MR) is 124 cm³/mol. The average Bonchev–Trinajstić information content (AvgIpc) is 3.36. The molecule has 0 aliphatic carbocycles. The van der Waals surface area contributed by atoms with Gasteiger partial charge in [0.05, 0.1) is 10.3 Å². The Morgan fingerprint density at radius 3 is 2.48 bits per heavy atom. The van der Waals surface area contributed by atoms with E-state index >= 15 is 0 Å². The van der Waals surface area contributed by atoms with Gasteiger partial charge in [-0.2, -0.15) is 0 Å². The number of rotatable bonds is 4. The summed E-state index contributed by atoms with van der Waals surface area (Å²) in [6.07, 6.45) is 3.03. The van der Waals surface area contributed by atoms with Crippen molar-refractivity contribution in [3.8, 4) is 0 Å². The van der Waals surface area contributed by atoms with Crippen molar-refractivity contribution in [2.45, 2.75) is 23.2 Å². The van der Waals surface area contributed by atoms with E-state index in [2.05, 4.69) is 20.7 Å². The van der Waals surface area contributed by atoms with E-state index in [1.807, 2.05) is 37.4 Å². The second-order valence-corrected chi connectivity index (χ2v) is 10.5. The van der Waals surface area contributed by atoms with Gasteiger partial charge >= 0.3 is 0 Å². The van der Waals surface area contributed by atoms with Crippen LogP contribution >= 0.6 is 11.3 Å². The van der Waals surface area contributed by atoms with Gasteiger partial charge < -0.3 is 9.80 Å². The summed E-state index contributed by atoms with van der Waals surface area (Å²) in [7, 11) is -1.82. The van der Waals surface area contributed by atoms with Gasteiger partial charge in [-0.25, -0.2) is 13.4 Å². The SMILES string of the molecule is CN1C(=O)C2(CCN(c3ccc(S(=O)(=O)Nc4nccs4)cc3)CC2)c2ccccc21.[HH]. The van der Waals surface area contributed by atoms with E-state index in [0.29, 0.717) is 5.13 Å². The highest BCUT2D eigenvalue weighted by atomic mass is 32.2. The molecular formula is C22H24N4O3S2. The number of piperidine rings is 1. The number of para-hydroxylation sites is 1. The Bertz CT molecular complexity index is 1220. The van der Waals surface area contributed by atoms with Crippen LogP contribution in [0.25, 0.3) is 0 Å². The van der Waals surface area contributed by atoms with Crippen LogP contribution in [0.3, 0.4) is 0 Å². The minimum absolute atomic E-state index is 0. The molecule has 9 heteroatoms. The highest BCUT2D eigenvalue weighted by Crippen LogP contribution is 2.47. The third kappa shape index (κ3) is 3.28. The number of fused-ring (bicyclic) bond motifs is 2. The van der Waals surface area contributed by atoms with E-state index in [9.17, 15) is 13.2 Å². The predicted octanol–water partition coefficient (Wildman–Crippen LogP) is 3.70. The summed E-state index contributed by atoms with van der Waals surface area (Å²) >= 11 is 1.23. The summed E-state index contributed by atoms with van der Waals surface area (Å²) in [5, 5.41) is 2.06. The molecular weight excluding hydrogens is 432 g/mol. The summed E-state index contributed by atoms with van der Waals surface area (Å²) in [5.41, 5.74) is 2.62. The smallest absolute Gasteiger partial charge is 0.263 e. The molecule has 1 aromatic heterocycles. The molecule has 0 bridgehead atoms. The molecule has 0 unspecified atom stereocenters. The normalized spacial score (nSPS) is 17.8. The fraction of sp³-hybridized carbons (Fsp3) is 0.273. The number of carbonyl (C=O) groups excluding carboxylic acids is 1. The second kappa shape index (κ2) is 7.35. The Labute approximate surface area is 186 Å². The molecule has 1 fully saturated rings. The number of sulfonamides is 1. The van der Waals surface area contributed by atoms with E-state index in [0.717, 1.165) is 42.9 Å². The summed E-state index contributed by atoms with van der Waals surface area (Å²) < 4.78 is 27.6. The third-order valence-corrected chi connectivity index (χ3v) is 8.45. The van der Waals surface area contributed by atoms with Gasteiger partial charge in [0.15, 0.2) is 5.13 Å². The summed E-state index contributed by atoms with van der Waals surface area (Å²) in [4.78, 5) is 21.3. The van der Waals surface area contributed by atoms with E-state index in [1.165, 1.54) is 11.3 Å². The summed E-state index contributed by atoms with van der Waals surface area (Å²) in [6.45, 7) is 1.47. The lowest BCUT2D eigenvalue weighted by atomic mass is 9.73. The van der Waals surface area contributed by atoms with Crippen molar-refractivity contribution in [2.75, 3.05) is 34.7 Å². The van der Waals surface area contributed by atoms with Crippen LogP contribution in [-0.2, 0) is 20.2 Å². The number of benzene rings is 2. The molecule has 2 aromatic carbocycles. The van der Waals surface area contributed by atoms with Gasteiger partial charge in [-0.05, 0) is 48.7 Å². The molecule has 5 rings (SSSR count). The molecule has 3 aromatic rings. The standard InChI is InChI=1S/C22H22N4O3S2.H2/c1-25-19-5-3-2-4-18(19)22(20(25)27)10-13-26(14-11-22)16-6-8-17(9-7-16)31(28,29)24-21-23-12-15-30-21;/h2-9,12,15H,10-11,13-14H2,1H3,(H,23,24);1H. The topological polar surface area (TPSA) is 82.6 Å². The lowest BCUT2D eigenvalue weighted by Gasteiger charge is -2.39. The van der Waals surface area contributed by atoms with Crippen LogP contribution in [0.5, 0.6) is 0 Å². The van der Waals surface area contributed by atoms with E-state index in [-0.39, 0.29) is 12.2 Å². The third-order valence-electron chi connectivity index (χ3n) is 6.28. The molecule has 1 N–H and O–H groups in total. The number of hydrogen-bond donors (Lipinski definition) is 1. The van der Waals surface area contributed by atoms with E-state index in [1.54, 1.807) is 28.6 Å². The van der Waals surface area contributed by atoms with Crippen molar-refractivity contribution < 1.29 is 14.6 Å². The second-order valence-electron chi connectivity index (χ2n) is 7.89. The quantitative estimate of drug-likeness (QED) is 0.647. The zero-order valence-corrected chi connectivity index (χ0v) is 18.6. The van der Waals surface area contributed by atoms with Gasteiger partial charge in [-0.15, -0.1) is 11.3 Å². The molecule has 0 saturated carbocycles. The van der Waals surface area contributed by atoms with Crippen LogP contribution in [0.1, 0.15) is 19.8 Å². The monoisotopic (exact) mass is 456 g/mol. The Kier molecular flexibility index (Phi) is 4.75. The maximum absolute atomic E-state index is 13.1. The van der Waals surface area contributed by atoms with Crippen molar-refractivity contribution in [2.24, 2.45) is 0 Å². The Morgan fingerprint density at radius 1 is 1.10 bits per heavy atom. The highest BCUT2D eigenvalue weighted by Gasteiger charge is 2.50. The molecule has 162 valence electrons. The zero-order chi connectivity index (χ0) is 21.6. The maximum Gasteiger partial charge on any atom is 0.263 e. The molecule has 31 heavy (non-hydrogen) atoms. The molecule has 2 aliphatic heterocycles. The molecule has 0 radical (unpaired) electrons. The van der Waals surface area contributed by atoms with Gasteiger partial charge in [-0.1, -0.05) is 18.2 Å². The van der Waals surface area contributed by atoms with Crippen LogP contribution in [-0.4, -0.2) is 39.4 Å². The van der Waals surface area contributed by atoms with Crippen molar-refractivity contribution in [1.29, 1.82) is 0 Å². The minimum Gasteiger partial charge on any atom is -0.371 e. The van der Waals surface area contributed by atoms with Crippen LogP contribution in [0, 0.1) is 0 Å². The van der Waals surface area contributed by atoms with Crippen molar-refractivity contribution in [3.63, 3.8) is 0 Å². The van der Waals surface area contributed by atoms with Crippen molar-refractivity contribution in [1.82, 2.24) is 4.98 Å². The van der Waals surface area contributed by atoms with E-state index in [4.69, 9.17) is 0 Å². The fourth-order valence-corrected chi connectivity index (χ4v) is 6.42. The first-order chi connectivity index (χ1) is 14.9. The van der Waals surface area contributed by atoms with E-state index < -0.39 is 15.4 Å². The molecule has 1 amide bonds. The van der Waals surface area contributed by atoms with Gasteiger partial charge in [0, 0.05) is 44.5 Å². The Hall–Kier alpha value is -2.91. The van der Waals surface area contributed by atoms with Crippen molar-refractivity contribution in [3.05, 3.63) is 65.7 Å². The van der Waals surface area contributed by atoms with Gasteiger partial charge in [-0.3, -0.25) is 9.52 Å². The number of thiazole rings is 1. The molecule has 1 saturated heterocycles. The highest BCUT2D eigenvalue weighted by molar-refractivity contribution is 7.93. The number of nitrogens with zero attached hydrogens (tertiary/aromatic N) is 3. The molecule has 1 spiro atoms. The van der Waals surface area contributed by atoms with Crippen molar-refractivity contribution >= 4 is 43.8 Å². The molecule has 7 nitrogen and oxygen atoms in total. The number of nitrogens with one attached hydrogen (secondary N) is 1. The number of aromatic nitrogens is 1. The summed E-state index contributed by atoms with van der Waals surface area (Å²) in [6, 6.07) is 14.9. The van der Waals surface area contributed by atoms with Gasteiger partial charge in [0.25, 0.3) is 10.0 Å². The van der Waals surface area contributed by atoms with Crippen LogP contribution in [0.2, 0.25) is 0 Å². The summed E-state index contributed by atoms with van der Waals surface area (Å²) in [5.74, 6) is 0.169. The average molecular weight is 457 g/mol. The number of hydrogen-bond acceptors (Lipinski definition) is 6. The van der Waals surface area contributed by atoms with Gasteiger partial charge in [0.2, 0.25) is 5.91 Å². The zero-order valence-electron chi connectivity index (χ0n) is 17.0. The van der Waals surface area contributed by atoms with Crippen LogP contribution < -0.4 is 14.5 Å². The first kappa shape index (κ1) is 20.0. The van der Waals surface area contributed by atoms with Crippen LogP contribution in [0.15, 0.2) is 65.0 Å². The molecule has 3 heterocycles. The minimum atomic E-state index is -3.67.